The number of carbonyl (C=O) groups is 1. The number of furan rings is 1. The lowest BCUT2D eigenvalue weighted by molar-refractivity contribution is -0.133. The van der Waals surface area contributed by atoms with Crippen LogP contribution in [0.5, 0.6) is 0 Å². The van der Waals surface area contributed by atoms with E-state index in [0.29, 0.717) is 5.76 Å². The molecule has 0 unspecified atom stereocenters. The molecule has 0 saturated heterocycles. The van der Waals surface area contributed by atoms with Crippen molar-refractivity contribution in [3.8, 4) is 0 Å². The van der Waals surface area contributed by atoms with Gasteiger partial charge in [-0.3, -0.25) is 4.79 Å². The maximum atomic E-state index is 13.0. The molecule has 2 aromatic rings. The Bertz CT molecular complexity index is 1060. The van der Waals surface area contributed by atoms with Crippen molar-refractivity contribution >= 4 is 5.91 Å². The zero-order chi connectivity index (χ0) is 21.1. The Hall–Kier alpha value is -3.36. The molecule has 0 radical (unpaired) electrons. The van der Waals surface area contributed by atoms with E-state index in [1.54, 1.807) is 11.0 Å². The molecule has 154 valence electrons. The number of aromatic nitrogens is 3. The van der Waals surface area contributed by atoms with E-state index in [0.717, 1.165) is 32.3 Å². The molecule has 1 aliphatic rings. The van der Waals surface area contributed by atoms with Crippen LogP contribution in [0.4, 0.5) is 0 Å². The maximum absolute atomic E-state index is 13.0. The number of hydrogen-bond acceptors (Lipinski definition) is 5. The second-order valence-electron chi connectivity index (χ2n) is 7.00. The zero-order valence-electron chi connectivity index (χ0n) is 16.4. The van der Waals surface area contributed by atoms with Gasteiger partial charge in [0.1, 0.15) is 18.1 Å². The molecule has 1 amide bonds. The molecule has 0 atom stereocenters. The fourth-order valence-electron chi connectivity index (χ4n) is 3.16. The van der Waals surface area contributed by atoms with Gasteiger partial charge in [-0.2, -0.15) is 0 Å². The fraction of sp³-hybridized carbons (Fsp3) is 0.400. The van der Waals surface area contributed by atoms with E-state index in [9.17, 15) is 19.2 Å². The van der Waals surface area contributed by atoms with Crippen LogP contribution in [0.25, 0.3) is 0 Å². The molecular weight excluding hydrogens is 376 g/mol. The van der Waals surface area contributed by atoms with Crippen molar-refractivity contribution in [1.82, 2.24) is 18.6 Å². The summed E-state index contributed by atoms with van der Waals surface area (Å²) in [6.45, 7) is 8.56. The third-order valence-electron chi connectivity index (χ3n) is 4.73. The summed E-state index contributed by atoms with van der Waals surface area (Å²) >= 11 is 0. The van der Waals surface area contributed by atoms with Crippen LogP contribution >= 0.6 is 0 Å². The Morgan fingerprint density at radius 3 is 2.07 bits per heavy atom. The van der Waals surface area contributed by atoms with Gasteiger partial charge in [0.25, 0.3) is 0 Å². The van der Waals surface area contributed by atoms with Gasteiger partial charge in [-0.25, -0.2) is 28.1 Å². The van der Waals surface area contributed by atoms with Crippen LogP contribution in [-0.4, -0.2) is 30.6 Å². The van der Waals surface area contributed by atoms with E-state index in [1.807, 2.05) is 13.0 Å². The van der Waals surface area contributed by atoms with Gasteiger partial charge in [-0.1, -0.05) is 12.2 Å². The minimum atomic E-state index is -0.835. The Balaban J connectivity index is 1.97. The normalized spacial score (nSPS) is 13.3. The van der Waals surface area contributed by atoms with Crippen LogP contribution in [0.15, 0.2) is 56.2 Å². The fourth-order valence-corrected chi connectivity index (χ4v) is 3.16. The molecular formula is C20H24N4O5. The van der Waals surface area contributed by atoms with Crippen molar-refractivity contribution in [2.24, 2.45) is 0 Å². The molecule has 9 heteroatoms. The highest BCUT2D eigenvalue weighted by Gasteiger charge is 2.33. The summed E-state index contributed by atoms with van der Waals surface area (Å²) in [5.74, 6) is 0.994. The van der Waals surface area contributed by atoms with Crippen LogP contribution in [0.3, 0.4) is 0 Å². The maximum Gasteiger partial charge on any atom is 0.337 e. The number of carbonyl (C=O) groups excluding carboxylic acids is 1. The SMILES string of the molecule is C=CCn1c(=O)n(CC=C)c(=O)n(CC(=O)N(Cc2ccc(C)o2)C2CC2)c1=O. The van der Waals surface area contributed by atoms with Gasteiger partial charge < -0.3 is 9.32 Å². The predicted octanol–water partition coefficient (Wildman–Crippen LogP) is 0.636. The number of amides is 1. The van der Waals surface area contributed by atoms with Crippen LogP contribution < -0.4 is 17.1 Å². The largest absolute Gasteiger partial charge is 0.464 e. The summed E-state index contributed by atoms with van der Waals surface area (Å²) in [4.78, 5) is 52.5. The van der Waals surface area contributed by atoms with E-state index in [-0.39, 0.29) is 31.6 Å². The van der Waals surface area contributed by atoms with Gasteiger partial charge in [-0.05, 0) is 31.9 Å². The molecule has 0 bridgehead atoms. The minimum absolute atomic E-state index is 0.0538. The standard InChI is InChI=1S/C20H24N4O5/c1-4-10-21-18(26)22(11-5-2)20(28)24(19(21)27)13-17(25)23(15-7-8-15)12-16-9-6-14(3)29-16/h4-6,9,15H,1-2,7-8,10-13H2,3H3. The molecule has 9 nitrogen and oxygen atoms in total. The average molecular weight is 400 g/mol. The number of hydrogen-bond donors (Lipinski definition) is 0. The lowest BCUT2D eigenvalue weighted by atomic mass is 10.3. The quantitative estimate of drug-likeness (QED) is 0.575. The van der Waals surface area contributed by atoms with Crippen LogP contribution in [0.2, 0.25) is 0 Å². The van der Waals surface area contributed by atoms with Gasteiger partial charge in [0.2, 0.25) is 5.91 Å². The number of rotatable bonds is 9. The summed E-state index contributed by atoms with van der Waals surface area (Å²) in [5.41, 5.74) is -2.43. The third kappa shape index (κ3) is 4.23. The Morgan fingerprint density at radius 1 is 1.07 bits per heavy atom. The molecule has 0 spiro atoms. The Kier molecular flexibility index (Phi) is 5.86. The first-order chi connectivity index (χ1) is 13.9. The van der Waals surface area contributed by atoms with E-state index in [1.165, 1.54) is 12.2 Å². The van der Waals surface area contributed by atoms with Gasteiger partial charge in [0.15, 0.2) is 0 Å². The number of allylic oxidation sites excluding steroid dienone is 2. The van der Waals surface area contributed by atoms with Crippen molar-refractivity contribution in [2.45, 2.75) is 52.0 Å². The van der Waals surface area contributed by atoms with Crippen molar-refractivity contribution in [1.29, 1.82) is 0 Å². The summed E-state index contributed by atoms with van der Waals surface area (Å²) in [7, 11) is 0. The van der Waals surface area contributed by atoms with Crippen LogP contribution in [0.1, 0.15) is 24.4 Å². The summed E-state index contributed by atoms with van der Waals surface area (Å²) in [6.07, 6.45) is 4.48. The molecule has 1 saturated carbocycles. The lowest BCUT2D eigenvalue weighted by Gasteiger charge is -2.22. The summed E-state index contributed by atoms with van der Waals surface area (Å²) in [6, 6.07) is 3.66. The van der Waals surface area contributed by atoms with Crippen molar-refractivity contribution in [3.05, 3.63) is 80.4 Å². The average Bonchev–Trinajstić information content (AvgIpc) is 3.45. The topological polar surface area (TPSA) is 99.4 Å². The highest BCUT2D eigenvalue weighted by molar-refractivity contribution is 5.76. The zero-order valence-corrected chi connectivity index (χ0v) is 16.4. The number of aryl methyl sites for hydroxylation is 1. The van der Waals surface area contributed by atoms with Gasteiger partial charge >= 0.3 is 17.1 Å². The molecule has 3 rings (SSSR count). The second kappa shape index (κ2) is 8.34. The van der Waals surface area contributed by atoms with Crippen molar-refractivity contribution in [2.75, 3.05) is 0 Å². The van der Waals surface area contributed by atoms with E-state index >= 15 is 0 Å². The molecule has 2 aromatic heterocycles. The third-order valence-corrected chi connectivity index (χ3v) is 4.73. The molecule has 2 heterocycles. The Labute approximate surface area is 166 Å². The smallest absolute Gasteiger partial charge is 0.337 e. The summed E-state index contributed by atoms with van der Waals surface area (Å²) < 4.78 is 8.11. The minimum Gasteiger partial charge on any atom is -0.464 e. The van der Waals surface area contributed by atoms with E-state index in [4.69, 9.17) is 4.42 Å². The highest BCUT2D eigenvalue weighted by atomic mass is 16.3. The van der Waals surface area contributed by atoms with E-state index < -0.39 is 23.6 Å². The van der Waals surface area contributed by atoms with Gasteiger partial charge in [-0.15, -0.1) is 13.2 Å². The van der Waals surface area contributed by atoms with Crippen molar-refractivity contribution < 1.29 is 9.21 Å². The monoisotopic (exact) mass is 400 g/mol. The number of nitrogens with zero attached hydrogens (tertiary/aromatic N) is 4. The van der Waals surface area contributed by atoms with Crippen molar-refractivity contribution in [3.63, 3.8) is 0 Å². The van der Waals surface area contributed by atoms with Gasteiger partial charge in [0.05, 0.1) is 19.6 Å². The van der Waals surface area contributed by atoms with E-state index in [2.05, 4.69) is 13.2 Å². The first-order valence-corrected chi connectivity index (χ1v) is 9.38. The lowest BCUT2D eigenvalue weighted by Crippen LogP contribution is -2.55. The predicted molar refractivity (Wildman–Crippen MR) is 107 cm³/mol. The first kappa shape index (κ1) is 20.4. The highest BCUT2D eigenvalue weighted by Crippen LogP contribution is 2.28. The van der Waals surface area contributed by atoms with Crippen LogP contribution in [-0.2, 0) is 31.0 Å². The molecule has 1 aliphatic carbocycles. The first-order valence-electron chi connectivity index (χ1n) is 9.38. The molecule has 0 aliphatic heterocycles. The Morgan fingerprint density at radius 2 is 1.62 bits per heavy atom. The molecule has 1 fully saturated rings. The van der Waals surface area contributed by atoms with Crippen LogP contribution in [0, 0.1) is 6.92 Å². The molecule has 0 aromatic carbocycles. The molecule has 29 heavy (non-hydrogen) atoms. The molecule has 0 N–H and O–H groups in total. The second-order valence-corrected chi connectivity index (χ2v) is 7.00. The summed E-state index contributed by atoms with van der Waals surface area (Å²) in [5, 5.41) is 0. The van der Waals surface area contributed by atoms with Gasteiger partial charge in [0, 0.05) is 6.04 Å².